The first-order valence-electron chi connectivity index (χ1n) is 5.42. The number of hydrogen-bond donors (Lipinski definition) is 3. The van der Waals surface area contributed by atoms with Gasteiger partial charge in [-0.25, -0.2) is 13.1 Å². The molecule has 18 heavy (non-hydrogen) atoms. The van der Waals surface area contributed by atoms with E-state index in [4.69, 9.17) is 10.9 Å². The lowest BCUT2D eigenvalue weighted by Gasteiger charge is -2.09. The number of hydrogen-bond acceptors (Lipinski definition) is 4. The van der Waals surface area contributed by atoms with E-state index < -0.39 is 15.3 Å². The summed E-state index contributed by atoms with van der Waals surface area (Å²) < 4.78 is 25.6. The van der Waals surface area contributed by atoms with E-state index in [0.717, 1.165) is 5.56 Å². The zero-order valence-corrected chi connectivity index (χ0v) is 11.1. The summed E-state index contributed by atoms with van der Waals surface area (Å²) in [5, 5.41) is 10.9. The number of oxime groups is 1. The number of nitrogens with one attached hydrogen (secondary N) is 1. The Morgan fingerprint density at radius 1 is 1.39 bits per heavy atom. The number of rotatable bonds is 5. The van der Waals surface area contributed by atoms with Crippen molar-refractivity contribution in [3.05, 3.63) is 35.4 Å². The van der Waals surface area contributed by atoms with Gasteiger partial charge in [-0.05, 0) is 19.4 Å². The van der Waals surface area contributed by atoms with Crippen LogP contribution in [0.4, 0.5) is 0 Å². The average molecular weight is 271 g/mol. The Hall–Kier alpha value is -1.60. The highest BCUT2D eigenvalue weighted by molar-refractivity contribution is 7.90. The number of nitrogens with zero attached hydrogens (tertiary/aromatic N) is 1. The van der Waals surface area contributed by atoms with Gasteiger partial charge >= 0.3 is 0 Å². The number of sulfonamides is 1. The molecule has 0 atom stereocenters. The zero-order valence-electron chi connectivity index (χ0n) is 10.3. The Morgan fingerprint density at radius 2 is 1.94 bits per heavy atom. The highest BCUT2D eigenvalue weighted by Crippen LogP contribution is 2.05. The fourth-order valence-corrected chi connectivity index (χ4v) is 1.90. The monoisotopic (exact) mass is 271 g/mol. The van der Waals surface area contributed by atoms with Gasteiger partial charge in [-0.1, -0.05) is 29.4 Å². The van der Waals surface area contributed by atoms with Crippen LogP contribution in [0, 0.1) is 0 Å². The quantitative estimate of drug-likeness (QED) is 0.316. The van der Waals surface area contributed by atoms with Crippen molar-refractivity contribution in [1.29, 1.82) is 0 Å². The SMILES string of the molecule is CC(C)S(=O)(=O)NCc1ccc(C(N)=NO)cc1. The largest absolute Gasteiger partial charge is 0.409 e. The van der Waals surface area contributed by atoms with Crippen molar-refractivity contribution in [2.45, 2.75) is 25.6 Å². The molecular formula is C11H17N3O3S. The molecule has 0 spiro atoms. The Bertz CT molecular complexity index is 521. The van der Waals surface area contributed by atoms with E-state index in [2.05, 4.69) is 9.88 Å². The van der Waals surface area contributed by atoms with Crippen LogP contribution in [0.5, 0.6) is 0 Å². The summed E-state index contributed by atoms with van der Waals surface area (Å²) in [6, 6.07) is 6.76. The summed E-state index contributed by atoms with van der Waals surface area (Å²) in [4.78, 5) is 0. The van der Waals surface area contributed by atoms with Crippen molar-refractivity contribution in [2.24, 2.45) is 10.9 Å². The maximum atomic E-state index is 11.5. The highest BCUT2D eigenvalue weighted by Gasteiger charge is 2.14. The molecule has 6 nitrogen and oxygen atoms in total. The molecule has 0 amide bonds. The van der Waals surface area contributed by atoms with E-state index in [0.29, 0.717) is 5.56 Å². The molecule has 0 fully saturated rings. The molecule has 0 heterocycles. The van der Waals surface area contributed by atoms with Gasteiger partial charge in [0, 0.05) is 12.1 Å². The summed E-state index contributed by atoms with van der Waals surface area (Å²) in [5.74, 6) is 0.0179. The van der Waals surface area contributed by atoms with Gasteiger partial charge in [-0.3, -0.25) is 0 Å². The lowest BCUT2D eigenvalue weighted by atomic mass is 10.1. The van der Waals surface area contributed by atoms with Gasteiger partial charge in [-0.2, -0.15) is 0 Å². The minimum Gasteiger partial charge on any atom is -0.409 e. The van der Waals surface area contributed by atoms with Crippen LogP contribution in [-0.4, -0.2) is 24.7 Å². The number of amidine groups is 1. The molecule has 1 rings (SSSR count). The van der Waals surface area contributed by atoms with Crippen molar-refractivity contribution in [2.75, 3.05) is 0 Å². The van der Waals surface area contributed by atoms with Crippen LogP contribution in [0.25, 0.3) is 0 Å². The molecule has 1 aromatic carbocycles. The van der Waals surface area contributed by atoms with Crippen molar-refractivity contribution in [1.82, 2.24) is 4.72 Å². The van der Waals surface area contributed by atoms with Crippen LogP contribution in [-0.2, 0) is 16.6 Å². The Morgan fingerprint density at radius 3 is 2.39 bits per heavy atom. The molecule has 0 bridgehead atoms. The highest BCUT2D eigenvalue weighted by atomic mass is 32.2. The summed E-state index contributed by atoms with van der Waals surface area (Å²) in [6.07, 6.45) is 0. The third-order valence-corrected chi connectivity index (χ3v) is 4.24. The van der Waals surface area contributed by atoms with Gasteiger partial charge in [0.05, 0.1) is 5.25 Å². The molecule has 0 aliphatic rings. The second kappa shape index (κ2) is 5.83. The Balaban J connectivity index is 2.71. The van der Waals surface area contributed by atoms with E-state index in [1.54, 1.807) is 38.1 Å². The van der Waals surface area contributed by atoms with E-state index in [1.165, 1.54) is 0 Å². The van der Waals surface area contributed by atoms with Crippen molar-refractivity contribution >= 4 is 15.9 Å². The molecule has 0 radical (unpaired) electrons. The van der Waals surface area contributed by atoms with Gasteiger partial charge < -0.3 is 10.9 Å². The summed E-state index contributed by atoms with van der Waals surface area (Å²) >= 11 is 0. The van der Waals surface area contributed by atoms with E-state index in [9.17, 15) is 8.42 Å². The van der Waals surface area contributed by atoms with Crippen molar-refractivity contribution in [3.63, 3.8) is 0 Å². The van der Waals surface area contributed by atoms with Crippen LogP contribution < -0.4 is 10.5 Å². The smallest absolute Gasteiger partial charge is 0.214 e. The maximum absolute atomic E-state index is 11.5. The first-order valence-corrected chi connectivity index (χ1v) is 6.96. The molecule has 0 aromatic heterocycles. The third-order valence-electron chi connectivity index (χ3n) is 2.46. The predicted octanol–water partition coefficient (Wildman–Crippen LogP) is 0.609. The minimum absolute atomic E-state index is 0.0179. The molecule has 0 saturated carbocycles. The first kappa shape index (κ1) is 14.5. The normalized spacial score (nSPS) is 12.9. The molecule has 4 N–H and O–H groups in total. The second-order valence-electron chi connectivity index (χ2n) is 4.10. The van der Waals surface area contributed by atoms with Crippen LogP contribution in [0.3, 0.4) is 0 Å². The number of benzene rings is 1. The van der Waals surface area contributed by atoms with E-state index in [1.807, 2.05) is 0 Å². The standard InChI is InChI=1S/C11H17N3O3S/c1-8(2)18(16,17)13-7-9-3-5-10(6-4-9)11(12)14-15/h3-6,8,13,15H,7H2,1-2H3,(H2,12,14). The van der Waals surface area contributed by atoms with Gasteiger partial charge in [0.15, 0.2) is 5.84 Å². The molecule has 0 aliphatic heterocycles. The summed E-state index contributed by atoms with van der Waals surface area (Å²) in [7, 11) is -3.27. The van der Waals surface area contributed by atoms with Crippen LogP contribution in [0.2, 0.25) is 0 Å². The fourth-order valence-electron chi connectivity index (χ4n) is 1.20. The van der Waals surface area contributed by atoms with Gasteiger partial charge in [0.2, 0.25) is 10.0 Å². The zero-order chi connectivity index (χ0) is 13.8. The summed E-state index contributed by atoms with van der Waals surface area (Å²) in [6.45, 7) is 3.45. The molecule has 7 heteroatoms. The lowest BCUT2D eigenvalue weighted by molar-refractivity contribution is 0.318. The average Bonchev–Trinajstić information content (AvgIpc) is 2.36. The topological polar surface area (TPSA) is 105 Å². The van der Waals surface area contributed by atoms with Crippen LogP contribution in [0.1, 0.15) is 25.0 Å². The minimum atomic E-state index is -3.27. The van der Waals surface area contributed by atoms with Gasteiger partial charge in [0.1, 0.15) is 0 Å². The van der Waals surface area contributed by atoms with Crippen molar-refractivity contribution in [3.8, 4) is 0 Å². The Labute approximate surface area is 107 Å². The maximum Gasteiger partial charge on any atom is 0.214 e. The Kier molecular flexibility index (Phi) is 4.69. The first-order chi connectivity index (χ1) is 8.36. The predicted molar refractivity (Wildman–Crippen MR) is 69.8 cm³/mol. The van der Waals surface area contributed by atoms with E-state index in [-0.39, 0.29) is 12.4 Å². The molecule has 100 valence electrons. The fraction of sp³-hybridized carbons (Fsp3) is 0.364. The molecule has 0 aliphatic carbocycles. The van der Waals surface area contributed by atoms with Crippen LogP contribution >= 0.6 is 0 Å². The molecule has 0 saturated heterocycles. The molecular weight excluding hydrogens is 254 g/mol. The lowest BCUT2D eigenvalue weighted by Crippen LogP contribution is -2.30. The van der Waals surface area contributed by atoms with Crippen LogP contribution in [0.15, 0.2) is 29.4 Å². The van der Waals surface area contributed by atoms with Gasteiger partial charge in [0.25, 0.3) is 0 Å². The molecule has 0 unspecified atom stereocenters. The van der Waals surface area contributed by atoms with Crippen molar-refractivity contribution < 1.29 is 13.6 Å². The number of nitrogens with two attached hydrogens (primary N) is 1. The second-order valence-corrected chi connectivity index (χ2v) is 6.42. The van der Waals surface area contributed by atoms with Gasteiger partial charge in [-0.15, -0.1) is 0 Å². The van der Waals surface area contributed by atoms with E-state index >= 15 is 0 Å². The molecule has 1 aromatic rings. The third kappa shape index (κ3) is 3.71. The summed E-state index contributed by atoms with van der Waals surface area (Å²) in [5.41, 5.74) is 6.79.